The number of aliphatic hydroxyl groups is 1. The van der Waals surface area contributed by atoms with Gasteiger partial charge < -0.3 is 15.7 Å². The summed E-state index contributed by atoms with van der Waals surface area (Å²) >= 11 is 0. The molecule has 1 heterocycles. The highest BCUT2D eigenvalue weighted by Gasteiger charge is 2.21. The number of aromatic nitrogens is 3. The van der Waals surface area contributed by atoms with E-state index < -0.39 is 23.8 Å². The molecule has 34 heavy (non-hydrogen) atoms. The van der Waals surface area contributed by atoms with Gasteiger partial charge in [0.1, 0.15) is 24.3 Å². The zero-order valence-electron chi connectivity index (χ0n) is 19.6. The van der Waals surface area contributed by atoms with Crippen LogP contribution in [0.5, 0.6) is 0 Å². The van der Waals surface area contributed by atoms with Crippen LogP contribution >= 0.6 is 0 Å². The monoisotopic (exact) mass is 471 g/mol. The molecule has 2 aromatic carbocycles. The van der Waals surface area contributed by atoms with E-state index >= 15 is 0 Å². The number of carbonyl (C=O) groups is 1. The third kappa shape index (κ3) is 7.43. The van der Waals surface area contributed by atoms with Gasteiger partial charge >= 0.3 is 0 Å². The fourth-order valence-corrected chi connectivity index (χ4v) is 3.96. The lowest BCUT2D eigenvalue weighted by molar-refractivity contribution is -0.120. The van der Waals surface area contributed by atoms with Gasteiger partial charge in [-0.25, -0.2) is 18.4 Å². The third-order valence-electron chi connectivity index (χ3n) is 5.35. The Morgan fingerprint density at radius 3 is 2.44 bits per heavy atom. The molecule has 0 fully saturated rings. The molecule has 3 aromatic rings. The first-order chi connectivity index (χ1) is 16.2. The summed E-state index contributed by atoms with van der Waals surface area (Å²) in [6, 6.07) is 8.64. The number of hydrogen-bond acceptors (Lipinski definition) is 5. The van der Waals surface area contributed by atoms with Crippen molar-refractivity contribution >= 4 is 5.91 Å². The van der Waals surface area contributed by atoms with Gasteiger partial charge in [0.25, 0.3) is 0 Å². The molecule has 0 aliphatic rings. The summed E-state index contributed by atoms with van der Waals surface area (Å²) in [7, 11) is 0. The van der Waals surface area contributed by atoms with Gasteiger partial charge in [-0.05, 0) is 53.6 Å². The van der Waals surface area contributed by atoms with Crippen molar-refractivity contribution in [3.63, 3.8) is 0 Å². The second kappa shape index (κ2) is 11.8. The van der Waals surface area contributed by atoms with Gasteiger partial charge in [0.05, 0.1) is 17.8 Å². The molecule has 182 valence electrons. The summed E-state index contributed by atoms with van der Waals surface area (Å²) in [4.78, 5) is 15.7. The Morgan fingerprint density at radius 2 is 1.82 bits per heavy atom. The number of aliphatic hydroxyl groups excluding tert-OH is 1. The topological polar surface area (TPSA) is 92.1 Å². The number of nitrogens with zero attached hydrogens (tertiary/aromatic N) is 3. The molecular weight excluding hydrogens is 440 g/mol. The van der Waals surface area contributed by atoms with E-state index in [9.17, 15) is 18.7 Å². The van der Waals surface area contributed by atoms with Gasteiger partial charge in [0.15, 0.2) is 0 Å². The molecule has 7 nitrogen and oxygen atoms in total. The van der Waals surface area contributed by atoms with Crippen molar-refractivity contribution in [3.05, 3.63) is 77.4 Å². The Morgan fingerprint density at radius 1 is 1.09 bits per heavy atom. The predicted octanol–water partition coefficient (Wildman–Crippen LogP) is 2.94. The van der Waals surface area contributed by atoms with Gasteiger partial charge in [-0.15, -0.1) is 0 Å². The lowest BCUT2D eigenvalue weighted by Crippen LogP contribution is -2.48. The largest absolute Gasteiger partial charge is 0.390 e. The fourth-order valence-electron chi connectivity index (χ4n) is 3.96. The van der Waals surface area contributed by atoms with Crippen LogP contribution < -0.4 is 10.6 Å². The van der Waals surface area contributed by atoms with Crippen LogP contribution in [0.2, 0.25) is 0 Å². The summed E-state index contributed by atoms with van der Waals surface area (Å²) in [5.74, 6) is -1.24. The van der Waals surface area contributed by atoms with Crippen LogP contribution in [-0.2, 0) is 24.2 Å². The lowest BCUT2D eigenvalue weighted by Gasteiger charge is -2.24. The van der Waals surface area contributed by atoms with Crippen LogP contribution in [0.3, 0.4) is 0 Å². The minimum Gasteiger partial charge on any atom is -0.390 e. The average Bonchev–Trinajstić information content (AvgIpc) is 3.26. The normalized spacial score (nSPS) is 13.1. The summed E-state index contributed by atoms with van der Waals surface area (Å²) in [6.07, 6.45) is 3.13. The van der Waals surface area contributed by atoms with Gasteiger partial charge in [-0.2, -0.15) is 5.10 Å². The summed E-state index contributed by atoms with van der Waals surface area (Å²) in [5.41, 5.74) is 3.41. The molecule has 3 N–H and O–H groups in total. The molecule has 0 radical (unpaired) electrons. The zero-order chi connectivity index (χ0) is 24.7. The second-order valence-corrected chi connectivity index (χ2v) is 8.89. The maximum Gasteiger partial charge on any atom is 0.217 e. The van der Waals surface area contributed by atoms with Gasteiger partial charge in [-0.3, -0.25) is 4.79 Å². The number of nitrogens with one attached hydrogen (secondary N) is 2. The summed E-state index contributed by atoms with van der Waals surface area (Å²) in [6.45, 7) is 6.26. The molecule has 3 rings (SSSR count). The standard InChI is InChI=1S/C25H31F2N5O2/c1-16(2)6-18-4-5-24(32-15-29-14-30-32)20(7-18)12-28-13-25(34)23(31-17(3)33)10-19-8-21(26)11-22(27)9-19/h4-5,7-9,11,14-16,23,25,28,34H,6,10,12-13H2,1-3H3,(H,31,33)/t23-,25-/m0/s1. The second-order valence-electron chi connectivity index (χ2n) is 8.89. The molecule has 0 unspecified atom stereocenters. The highest BCUT2D eigenvalue weighted by atomic mass is 19.1. The molecule has 9 heteroatoms. The smallest absolute Gasteiger partial charge is 0.217 e. The van der Waals surface area contributed by atoms with Crippen LogP contribution in [-0.4, -0.2) is 44.5 Å². The Balaban J connectivity index is 1.70. The fraction of sp³-hybridized carbons (Fsp3) is 0.400. The number of rotatable bonds is 11. The molecule has 2 atom stereocenters. The van der Waals surface area contributed by atoms with E-state index in [0.29, 0.717) is 18.0 Å². The molecule has 0 aliphatic heterocycles. The predicted molar refractivity (Wildman–Crippen MR) is 125 cm³/mol. The van der Waals surface area contributed by atoms with Crippen molar-refractivity contribution < 1.29 is 18.7 Å². The van der Waals surface area contributed by atoms with Crippen molar-refractivity contribution in [2.45, 2.75) is 52.3 Å². The maximum absolute atomic E-state index is 13.6. The third-order valence-corrected chi connectivity index (χ3v) is 5.35. The number of halogens is 2. The molecule has 0 spiro atoms. The minimum absolute atomic E-state index is 0.0885. The Labute approximate surface area is 198 Å². The lowest BCUT2D eigenvalue weighted by atomic mass is 9.99. The number of benzene rings is 2. The van der Waals surface area contributed by atoms with E-state index in [1.807, 2.05) is 6.07 Å². The zero-order valence-corrected chi connectivity index (χ0v) is 19.6. The minimum atomic E-state index is -0.983. The van der Waals surface area contributed by atoms with E-state index in [-0.39, 0.29) is 18.9 Å². The summed E-state index contributed by atoms with van der Waals surface area (Å²) in [5, 5.41) is 20.9. The highest BCUT2D eigenvalue weighted by molar-refractivity contribution is 5.73. The van der Waals surface area contributed by atoms with Crippen molar-refractivity contribution in [2.75, 3.05) is 6.54 Å². The van der Waals surface area contributed by atoms with Crippen molar-refractivity contribution in [1.29, 1.82) is 0 Å². The quantitative estimate of drug-likeness (QED) is 0.400. The molecule has 0 saturated heterocycles. The van der Waals surface area contributed by atoms with E-state index in [1.54, 1.807) is 11.0 Å². The molecule has 0 saturated carbocycles. The first kappa shape index (κ1) is 25.5. The van der Waals surface area contributed by atoms with E-state index in [4.69, 9.17) is 0 Å². The van der Waals surface area contributed by atoms with Crippen LogP contribution in [0.15, 0.2) is 49.1 Å². The van der Waals surface area contributed by atoms with Crippen molar-refractivity contribution in [1.82, 2.24) is 25.4 Å². The van der Waals surface area contributed by atoms with Crippen molar-refractivity contribution in [3.8, 4) is 5.69 Å². The number of hydrogen-bond donors (Lipinski definition) is 3. The first-order valence-corrected chi connectivity index (χ1v) is 11.3. The maximum atomic E-state index is 13.6. The molecule has 1 amide bonds. The van der Waals surface area contributed by atoms with Gasteiger partial charge in [0, 0.05) is 26.1 Å². The van der Waals surface area contributed by atoms with Crippen LogP contribution in [0.4, 0.5) is 8.78 Å². The van der Waals surface area contributed by atoms with Crippen molar-refractivity contribution in [2.24, 2.45) is 5.92 Å². The van der Waals surface area contributed by atoms with Crippen LogP contribution in [0.25, 0.3) is 5.69 Å². The molecular formula is C25H31F2N5O2. The van der Waals surface area contributed by atoms with E-state index in [0.717, 1.165) is 23.7 Å². The van der Waals surface area contributed by atoms with Crippen LogP contribution in [0.1, 0.15) is 37.5 Å². The number of carbonyl (C=O) groups excluding carboxylic acids is 1. The van der Waals surface area contributed by atoms with Gasteiger partial charge in [-0.1, -0.05) is 26.0 Å². The SMILES string of the molecule is CC(=O)N[C@@H](Cc1cc(F)cc(F)c1)[C@@H](O)CNCc1cc(CC(C)C)ccc1-n1cncn1. The number of amides is 1. The highest BCUT2D eigenvalue weighted by Crippen LogP contribution is 2.18. The molecule has 0 aliphatic carbocycles. The Bertz CT molecular complexity index is 1070. The Hall–Kier alpha value is -3.17. The first-order valence-electron chi connectivity index (χ1n) is 11.3. The Kier molecular flexibility index (Phi) is 8.84. The summed E-state index contributed by atoms with van der Waals surface area (Å²) < 4.78 is 28.9. The van der Waals surface area contributed by atoms with Gasteiger partial charge in [0.2, 0.25) is 5.91 Å². The van der Waals surface area contributed by atoms with E-state index in [1.165, 1.54) is 30.9 Å². The van der Waals surface area contributed by atoms with E-state index in [2.05, 4.69) is 46.7 Å². The molecule has 1 aromatic heterocycles. The molecule has 0 bridgehead atoms. The average molecular weight is 472 g/mol. The van der Waals surface area contributed by atoms with Crippen LogP contribution in [0, 0.1) is 17.6 Å².